The first-order valence-corrected chi connectivity index (χ1v) is 7.24. The van der Waals surface area contributed by atoms with Crippen molar-refractivity contribution < 1.29 is 0 Å². The van der Waals surface area contributed by atoms with Gasteiger partial charge in [-0.25, -0.2) is 4.68 Å². The molecule has 0 spiro atoms. The molecular formula is C14H29N5. The molecule has 0 aliphatic rings. The Morgan fingerprint density at radius 2 is 2.00 bits per heavy atom. The molecule has 0 fully saturated rings. The first kappa shape index (κ1) is 16.1. The van der Waals surface area contributed by atoms with Crippen LogP contribution in [-0.2, 0) is 6.54 Å². The normalized spacial score (nSPS) is 14.1. The van der Waals surface area contributed by atoms with E-state index in [9.17, 15) is 0 Å². The van der Waals surface area contributed by atoms with E-state index in [4.69, 9.17) is 0 Å². The highest BCUT2D eigenvalue weighted by atomic mass is 15.4. The van der Waals surface area contributed by atoms with Gasteiger partial charge < -0.3 is 10.2 Å². The van der Waals surface area contributed by atoms with Gasteiger partial charge in [0.05, 0.1) is 17.9 Å². The van der Waals surface area contributed by atoms with Gasteiger partial charge in [0.25, 0.3) is 0 Å². The Balaban J connectivity index is 3.05. The van der Waals surface area contributed by atoms with E-state index < -0.39 is 0 Å². The lowest BCUT2D eigenvalue weighted by molar-refractivity contribution is 0.132. The van der Waals surface area contributed by atoms with Crippen molar-refractivity contribution in [1.82, 2.24) is 25.2 Å². The van der Waals surface area contributed by atoms with Crippen molar-refractivity contribution in [1.29, 1.82) is 0 Å². The van der Waals surface area contributed by atoms with Crippen molar-refractivity contribution in [3.05, 3.63) is 11.9 Å². The molecule has 0 aliphatic carbocycles. The number of nitrogens with zero attached hydrogens (tertiary/aromatic N) is 4. The van der Waals surface area contributed by atoms with E-state index in [0.717, 1.165) is 25.9 Å². The third kappa shape index (κ3) is 3.76. The van der Waals surface area contributed by atoms with Crippen LogP contribution in [0.15, 0.2) is 6.20 Å². The number of hydrogen-bond donors (Lipinski definition) is 1. The number of aryl methyl sites for hydroxylation is 1. The van der Waals surface area contributed by atoms with Gasteiger partial charge >= 0.3 is 0 Å². The first-order valence-electron chi connectivity index (χ1n) is 7.24. The molecular weight excluding hydrogens is 238 g/mol. The number of likely N-dealkylation sites (N-methyl/N-ethyl adjacent to an activating group) is 1. The molecule has 1 heterocycles. The summed E-state index contributed by atoms with van der Waals surface area (Å²) in [5.41, 5.74) is 1.18. The Bertz CT molecular complexity index is 370. The first-order chi connectivity index (χ1) is 8.95. The minimum atomic E-state index is 0.00236. The van der Waals surface area contributed by atoms with E-state index in [1.807, 2.05) is 10.9 Å². The van der Waals surface area contributed by atoms with Gasteiger partial charge in [0.15, 0.2) is 0 Å². The number of hydrogen-bond acceptors (Lipinski definition) is 4. The molecule has 0 saturated carbocycles. The molecule has 0 radical (unpaired) electrons. The number of aromatic nitrogens is 3. The Morgan fingerprint density at radius 1 is 1.32 bits per heavy atom. The van der Waals surface area contributed by atoms with E-state index in [-0.39, 0.29) is 11.6 Å². The lowest BCUT2D eigenvalue weighted by Crippen LogP contribution is -2.50. The van der Waals surface area contributed by atoms with Crippen LogP contribution < -0.4 is 5.32 Å². The summed E-state index contributed by atoms with van der Waals surface area (Å²) in [6.45, 7) is 10.8. The second-order valence-electron chi connectivity index (χ2n) is 5.82. The van der Waals surface area contributed by atoms with Gasteiger partial charge in [0.2, 0.25) is 0 Å². The smallest absolute Gasteiger partial charge is 0.0775 e. The summed E-state index contributed by atoms with van der Waals surface area (Å²) in [7, 11) is 4.24. The van der Waals surface area contributed by atoms with E-state index in [2.05, 4.69) is 62.3 Å². The van der Waals surface area contributed by atoms with Crippen LogP contribution >= 0.6 is 0 Å². The molecule has 1 atom stereocenters. The zero-order chi connectivity index (χ0) is 14.5. The van der Waals surface area contributed by atoms with Crippen LogP contribution in [0.2, 0.25) is 0 Å². The van der Waals surface area contributed by atoms with Crippen molar-refractivity contribution in [2.24, 2.45) is 0 Å². The molecule has 5 heteroatoms. The van der Waals surface area contributed by atoms with Crippen LogP contribution in [0.1, 0.15) is 52.3 Å². The molecule has 1 rings (SSSR count). The van der Waals surface area contributed by atoms with Crippen molar-refractivity contribution in [3.8, 4) is 0 Å². The Hall–Kier alpha value is -0.940. The van der Waals surface area contributed by atoms with Crippen LogP contribution in [0.3, 0.4) is 0 Å². The van der Waals surface area contributed by atoms with Crippen molar-refractivity contribution in [2.75, 3.05) is 20.6 Å². The second-order valence-corrected chi connectivity index (χ2v) is 5.82. The second kappa shape index (κ2) is 7.01. The largest absolute Gasteiger partial charge is 0.307 e. The maximum atomic E-state index is 4.22. The van der Waals surface area contributed by atoms with E-state index in [1.165, 1.54) is 5.69 Å². The number of rotatable bonds is 8. The third-order valence-corrected chi connectivity index (χ3v) is 3.84. The fraction of sp³-hybridized carbons (Fsp3) is 0.857. The average molecular weight is 267 g/mol. The van der Waals surface area contributed by atoms with Crippen LogP contribution in [0.5, 0.6) is 0 Å². The Kier molecular flexibility index (Phi) is 5.94. The van der Waals surface area contributed by atoms with Crippen LogP contribution in [0.25, 0.3) is 0 Å². The predicted molar refractivity (Wildman–Crippen MR) is 79.1 cm³/mol. The van der Waals surface area contributed by atoms with Crippen LogP contribution in [0, 0.1) is 0 Å². The lowest BCUT2D eigenvalue weighted by atomic mass is 9.90. The zero-order valence-corrected chi connectivity index (χ0v) is 13.3. The number of nitrogens with one attached hydrogen (secondary N) is 1. The maximum Gasteiger partial charge on any atom is 0.0775 e. The van der Waals surface area contributed by atoms with Crippen LogP contribution in [0.4, 0.5) is 0 Å². The molecule has 5 nitrogen and oxygen atoms in total. The summed E-state index contributed by atoms with van der Waals surface area (Å²) >= 11 is 0. The summed E-state index contributed by atoms with van der Waals surface area (Å²) in [4.78, 5) is 2.25. The highest BCUT2D eigenvalue weighted by Crippen LogP contribution is 2.29. The molecule has 19 heavy (non-hydrogen) atoms. The molecule has 0 saturated heterocycles. The fourth-order valence-electron chi connectivity index (χ4n) is 2.14. The van der Waals surface area contributed by atoms with Crippen molar-refractivity contribution >= 4 is 0 Å². The average Bonchev–Trinajstić information content (AvgIpc) is 2.78. The third-order valence-electron chi connectivity index (χ3n) is 3.84. The van der Waals surface area contributed by atoms with Gasteiger partial charge in [-0.15, -0.1) is 5.10 Å². The highest BCUT2D eigenvalue weighted by molar-refractivity contribution is 5.10. The SMILES string of the molecule is CCCNC(c1cnnn1CCC)C(C)(C)N(C)C. The lowest BCUT2D eigenvalue weighted by Gasteiger charge is -2.40. The summed E-state index contributed by atoms with van der Waals surface area (Å²) in [6.07, 6.45) is 4.09. The van der Waals surface area contributed by atoms with E-state index in [0.29, 0.717) is 0 Å². The van der Waals surface area contributed by atoms with Gasteiger partial charge in [0, 0.05) is 12.1 Å². The monoisotopic (exact) mass is 267 g/mol. The summed E-state index contributed by atoms with van der Waals surface area (Å²) in [5.74, 6) is 0. The molecule has 0 amide bonds. The molecule has 0 aliphatic heterocycles. The van der Waals surface area contributed by atoms with Gasteiger partial charge in [0.1, 0.15) is 0 Å². The fourth-order valence-corrected chi connectivity index (χ4v) is 2.14. The Morgan fingerprint density at radius 3 is 2.53 bits per heavy atom. The van der Waals surface area contributed by atoms with Crippen molar-refractivity contribution in [3.63, 3.8) is 0 Å². The molecule has 1 aromatic rings. The zero-order valence-electron chi connectivity index (χ0n) is 13.3. The van der Waals surface area contributed by atoms with E-state index in [1.54, 1.807) is 0 Å². The van der Waals surface area contributed by atoms with Crippen LogP contribution in [-0.4, -0.2) is 46.1 Å². The Labute approximate surface area is 117 Å². The molecule has 1 aromatic heterocycles. The van der Waals surface area contributed by atoms with Gasteiger partial charge in [-0.3, -0.25) is 0 Å². The quantitative estimate of drug-likeness (QED) is 0.783. The topological polar surface area (TPSA) is 46.0 Å². The minimum Gasteiger partial charge on any atom is -0.307 e. The van der Waals surface area contributed by atoms with Crippen molar-refractivity contribution in [2.45, 2.75) is 58.7 Å². The summed E-state index contributed by atoms with van der Waals surface area (Å²) in [5, 5.41) is 12.0. The molecule has 1 N–H and O–H groups in total. The minimum absolute atomic E-state index is 0.00236. The standard InChI is InChI=1S/C14H29N5/c1-7-9-15-13(14(3,4)18(5)6)12-11-16-17-19(12)10-8-2/h11,13,15H,7-10H2,1-6H3. The summed E-state index contributed by atoms with van der Waals surface area (Å²) in [6, 6.07) is 0.226. The maximum absolute atomic E-state index is 4.22. The van der Waals surface area contributed by atoms with Gasteiger partial charge in [-0.2, -0.15) is 0 Å². The molecule has 1 unspecified atom stereocenters. The summed E-state index contributed by atoms with van der Waals surface area (Å²) < 4.78 is 2.03. The highest BCUT2D eigenvalue weighted by Gasteiger charge is 2.34. The molecule has 110 valence electrons. The van der Waals surface area contributed by atoms with E-state index >= 15 is 0 Å². The van der Waals surface area contributed by atoms with Gasteiger partial charge in [-0.05, 0) is 47.3 Å². The predicted octanol–water partition coefficient (Wildman–Crippen LogP) is 2.07. The van der Waals surface area contributed by atoms with Gasteiger partial charge in [-0.1, -0.05) is 19.1 Å². The molecule has 0 bridgehead atoms. The molecule has 0 aromatic carbocycles.